The van der Waals surface area contributed by atoms with Crippen molar-refractivity contribution in [2.45, 2.75) is 6.92 Å². The van der Waals surface area contributed by atoms with Crippen LogP contribution in [0.25, 0.3) is 6.08 Å². The Morgan fingerprint density at radius 2 is 1.71 bits per heavy atom. The summed E-state index contributed by atoms with van der Waals surface area (Å²) < 4.78 is 0.973. The molecule has 2 aromatic carbocycles. The van der Waals surface area contributed by atoms with Crippen LogP contribution < -0.4 is 0 Å². The van der Waals surface area contributed by atoms with Gasteiger partial charge in [0.05, 0.1) is 5.57 Å². The van der Waals surface area contributed by atoms with Crippen molar-refractivity contribution in [2.75, 3.05) is 0 Å². The highest BCUT2D eigenvalue weighted by molar-refractivity contribution is 9.10. The fraction of sp³-hybridized carbons (Fsp3) is 0.0588. The second-order valence-electron chi connectivity index (χ2n) is 4.79. The summed E-state index contributed by atoms with van der Waals surface area (Å²) in [5.41, 5.74) is 4.00. The Kier molecular flexibility index (Phi) is 3.71. The lowest BCUT2D eigenvalue weighted by Crippen LogP contribution is -2.06. The molecule has 0 atom stereocenters. The Balaban J connectivity index is 1.99. The van der Waals surface area contributed by atoms with Crippen LogP contribution in [0.4, 0.5) is 0 Å². The maximum atomic E-state index is 11.9. The number of carbonyl (C=O) groups excluding carboxylic acids is 1. The van der Waals surface area contributed by atoms with Gasteiger partial charge >= 0.3 is 5.97 Å². The van der Waals surface area contributed by atoms with Gasteiger partial charge in [-0.15, -0.1) is 0 Å². The van der Waals surface area contributed by atoms with Crippen LogP contribution in [0.1, 0.15) is 16.7 Å². The van der Waals surface area contributed by atoms with E-state index >= 15 is 0 Å². The molecule has 21 heavy (non-hydrogen) atoms. The molecule has 1 heterocycles. The topological polar surface area (TPSA) is 38.7 Å². The van der Waals surface area contributed by atoms with Crippen molar-refractivity contribution in [3.8, 4) is 0 Å². The molecule has 0 aliphatic carbocycles. The SMILES string of the molecule is Cc1ccc(/C=C2/C(=O)ON=C2c2ccc(Br)cc2)cc1. The van der Waals surface area contributed by atoms with E-state index in [1.807, 2.05) is 55.5 Å². The van der Waals surface area contributed by atoms with E-state index in [1.54, 1.807) is 6.08 Å². The van der Waals surface area contributed by atoms with Crippen molar-refractivity contribution >= 4 is 33.7 Å². The fourth-order valence-corrected chi connectivity index (χ4v) is 2.32. The van der Waals surface area contributed by atoms with E-state index < -0.39 is 5.97 Å². The van der Waals surface area contributed by atoms with Gasteiger partial charge in [0.1, 0.15) is 5.71 Å². The molecule has 3 rings (SSSR count). The molecule has 3 nitrogen and oxygen atoms in total. The first-order chi connectivity index (χ1) is 10.1. The third-order valence-corrected chi connectivity index (χ3v) is 3.73. The standard InChI is InChI=1S/C17H12BrNO2/c1-11-2-4-12(5-3-11)10-15-16(19-21-17(15)20)13-6-8-14(18)9-7-13/h2-10H,1H3/b15-10+. The molecular weight excluding hydrogens is 330 g/mol. The molecule has 4 heteroatoms. The fourth-order valence-electron chi connectivity index (χ4n) is 2.05. The molecule has 104 valence electrons. The van der Waals surface area contributed by atoms with Gasteiger partial charge in [0.2, 0.25) is 0 Å². The minimum atomic E-state index is -0.423. The number of rotatable bonds is 2. The average molecular weight is 342 g/mol. The van der Waals surface area contributed by atoms with Gasteiger partial charge in [-0.05, 0) is 30.7 Å². The Morgan fingerprint density at radius 3 is 2.38 bits per heavy atom. The van der Waals surface area contributed by atoms with Crippen LogP contribution >= 0.6 is 15.9 Å². The van der Waals surface area contributed by atoms with Crippen molar-refractivity contribution in [1.29, 1.82) is 0 Å². The number of carbonyl (C=O) groups is 1. The minimum Gasteiger partial charge on any atom is -0.312 e. The zero-order valence-corrected chi connectivity index (χ0v) is 12.9. The Labute approximate surface area is 131 Å². The van der Waals surface area contributed by atoms with E-state index in [0.717, 1.165) is 15.6 Å². The van der Waals surface area contributed by atoms with Crippen molar-refractivity contribution in [2.24, 2.45) is 5.16 Å². The van der Waals surface area contributed by atoms with Crippen molar-refractivity contribution in [3.63, 3.8) is 0 Å². The van der Waals surface area contributed by atoms with Crippen LogP contribution in [0.15, 0.2) is 63.7 Å². The van der Waals surface area contributed by atoms with Crippen LogP contribution in [0.5, 0.6) is 0 Å². The van der Waals surface area contributed by atoms with Gasteiger partial charge in [-0.25, -0.2) is 4.79 Å². The normalized spacial score (nSPS) is 16.0. The highest BCUT2D eigenvalue weighted by Crippen LogP contribution is 2.22. The zero-order chi connectivity index (χ0) is 14.8. The molecule has 1 aliphatic heterocycles. The second kappa shape index (κ2) is 5.66. The molecule has 0 N–H and O–H groups in total. The predicted octanol–water partition coefficient (Wildman–Crippen LogP) is 4.10. The Bertz CT molecular complexity index is 743. The molecule has 0 bridgehead atoms. The molecule has 0 fully saturated rings. The van der Waals surface area contributed by atoms with Crippen molar-refractivity contribution < 1.29 is 9.63 Å². The average Bonchev–Trinajstić information content (AvgIpc) is 2.84. The maximum absolute atomic E-state index is 11.9. The van der Waals surface area contributed by atoms with Crippen molar-refractivity contribution in [3.05, 3.63) is 75.3 Å². The monoisotopic (exact) mass is 341 g/mol. The largest absolute Gasteiger partial charge is 0.368 e. The molecule has 1 aliphatic rings. The second-order valence-corrected chi connectivity index (χ2v) is 5.71. The number of benzene rings is 2. The lowest BCUT2D eigenvalue weighted by atomic mass is 10.0. The van der Waals surface area contributed by atoms with Gasteiger partial charge in [-0.2, -0.15) is 0 Å². The van der Waals surface area contributed by atoms with E-state index in [9.17, 15) is 4.79 Å². The number of hydrogen-bond donors (Lipinski definition) is 0. The highest BCUT2D eigenvalue weighted by atomic mass is 79.9. The number of aryl methyl sites for hydroxylation is 1. The van der Waals surface area contributed by atoms with Gasteiger partial charge in [0.15, 0.2) is 0 Å². The quantitative estimate of drug-likeness (QED) is 0.609. The predicted molar refractivity (Wildman–Crippen MR) is 85.9 cm³/mol. The maximum Gasteiger partial charge on any atom is 0.368 e. The molecule has 0 saturated heterocycles. The summed E-state index contributed by atoms with van der Waals surface area (Å²) in [6.45, 7) is 2.02. The van der Waals surface area contributed by atoms with Gasteiger partial charge in [-0.3, -0.25) is 0 Å². The van der Waals surface area contributed by atoms with Crippen LogP contribution in [0.2, 0.25) is 0 Å². The molecule has 0 spiro atoms. The summed E-state index contributed by atoms with van der Waals surface area (Å²) in [6, 6.07) is 15.5. The number of oxime groups is 1. The van der Waals surface area contributed by atoms with Gasteiger partial charge in [0.25, 0.3) is 0 Å². The summed E-state index contributed by atoms with van der Waals surface area (Å²) in [5, 5.41) is 3.90. The Hall–Kier alpha value is -2.20. The van der Waals surface area contributed by atoms with Crippen LogP contribution in [-0.2, 0) is 9.63 Å². The first-order valence-electron chi connectivity index (χ1n) is 6.47. The number of hydrogen-bond acceptors (Lipinski definition) is 3. The van der Waals surface area contributed by atoms with E-state index in [-0.39, 0.29) is 0 Å². The molecule has 0 unspecified atom stereocenters. The first kappa shape index (κ1) is 13.8. The van der Waals surface area contributed by atoms with E-state index in [0.29, 0.717) is 11.3 Å². The van der Waals surface area contributed by atoms with Gasteiger partial charge in [0, 0.05) is 10.0 Å². The summed E-state index contributed by atoms with van der Waals surface area (Å²) in [5.74, 6) is -0.423. The summed E-state index contributed by atoms with van der Waals surface area (Å²) >= 11 is 3.39. The Morgan fingerprint density at radius 1 is 1.05 bits per heavy atom. The first-order valence-corrected chi connectivity index (χ1v) is 7.27. The van der Waals surface area contributed by atoms with Crippen LogP contribution in [-0.4, -0.2) is 11.7 Å². The summed E-state index contributed by atoms with van der Waals surface area (Å²) in [7, 11) is 0. The summed E-state index contributed by atoms with van der Waals surface area (Å²) in [6.07, 6.45) is 1.80. The lowest BCUT2D eigenvalue weighted by Gasteiger charge is -2.01. The zero-order valence-electron chi connectivity index (χ0n) is 11.3. The van der Waals surface area contributed by atoms with Gasteiger partial charge in [-0.1, -0.05) is 63.0 Å². The molecule has 2 aromatic rings. The molecule has 0 aromatic heterocycles. The highest BCUT2D eigenvalue weighted by Gasteiger charge is 2.26. The van der Waals surface area contributed by atoms with Gasteiger partial charge < -0.3 is 4.84 Å². The molecular formula is C17H12BrNO2. The molecule has 0 radical (unpaired) electrons. The summed E-state index contributed by atoms with van der Waals surface area (Å²) in [4.78, 5) is 16.7. The van der Waals surface area contributed by atoms with Crippen LogP contribution in [0, 0.1) is 6.92 Å². The van der Waals surface area contributed by atoms with E-state index in [2.05, 4.69) is 21.1 Å². The molecule has 0 saturated carbocycles. The van der Waals surface area contributed by atoms with Crippen LogP contribution in [0.3, 0.4) is 0 Å². The van der Waals surface area contributed by atoms with E-state index in [4.69, 9.17) is 4.84 Å². The molecule has 0 amide bonds. The smallest absolute Gasteiger partial charge is 0.312 e. The third-order valence-electron chi connectivity index (χ3n) is 3.20. The number of nitrogens with zero attached hydrogens (tertiary/aromatic N) is 1. The number of halogens is 1. The third kappa shape index (κ3) is 2.95. The van der Waals surface area contributed by atoms with E-state index in [1.165, 1.54) is 5.56 Å². The minimum absolute atomic E-state index is 0.423. The van der Waals surface area contributed by atoms with Crippen molar-refractivity contribution in [1.82, 2.24) is 0 Å². The lowest BCUT2D eigenvalue weighted by molar-refractivity contribution is -0.136.